The topological polar surface area (TPSA) is 98.1 Å². The van der Waals surface area contributed by atoms with Crippen LogP contribution < -0.4 is 10.6 Å². The van der Waals surface area contributed by atoms with Crippen molar-refractivity contribution in [3.63, 3.8) is 0 Å². The van der Waals surface area contributed by atoms with Gasteiger partial charge in [0.15, 0.2) is 5.69 Å². The number of hydrogen-bond donors (Lipinski definition) is 2. The number of aromatic nitrogens is 3. The fourth-order valence-corrected chi connectivity index (χ4v) is 4.28. The lowest BCUT2D eigenvalue weighted by molar-refractivity contribution is -0.0299. The third-order valence-electron chi connectivity index (χ3n) is 5.75. The van der Waals surface area contributed by atoms with E-state index in [1.165, 1.54) is 35.0 Å². The van der Waals surface area contributed by atoms with Crippen LogP contribution in [0.25, 0.3) is 16.9 Å². The minimum Gasteiger partial charge on any atom is -0.381 e. The average molecular weight is 540 g/mol. The molecular formula is C26H20Cl2FN5O3. The maximum absolute atomic E-state index is 13.3. The van der Waals surface area contributed by atoms with Crippen LogP contribution in [0.3, 0.4) is 0 Å². The highest BCUT2D eigenvalue weighted by Crippen LogP contribution is 2.32. The Hall–Kier alpha value is -3.79. The predicted molar refractivity (Wildman–Crippen MR) is 138 cm³/mol. The van der Waals surface area contributed by atoms with Crippen LogP contribution in [0.1, 0.15) is 20.8 Å². The van der Waals surface area contributed by atoms with Gasteiger partial charge >= 0.3 is 0 Å². The van der Waals surface area contributed by atoms with Gasteiger partial charge in [-0.2, -0.15) is 5.10 Å². The number of carbonyl (C=O) groups is 2. The zero-order chi connectivity index (χ0) is 25.9. The number of benzene rings is 2. The van der Waals surface area contributed by atoms with Gasteiger partial charge in [-0.1, -0.05) is 41.4 Å². The van der Waals surface area contributed by atoms with Crippen molar-refractivity contribution in [1.82, 2.24) is 20.1 Å². The smallest absolute Gasteiger partial charge is 0.271 e. The number of pyridine rings is 1. The molecule has 11 heteroatoms. The largest absolute Gasteiger partial charge is 0.381 e. The monoisotopic (exact) mass is 539 g/mol. The molecule has 4 aromatic rings. The third-order valence-corrected chi connectivity index (χ3v) is 6.37. The highest BCUT2D eigenvalue weighted by Gasteiger charge is 2.23. The molecule has 1 saturated heterocycles. The Labute approximate surface area is 221 Å². The number of amides is 2. The number of carbonyl (C=O) groups excluding carboxylic acids is 2. The van der Waals surface area contributed by atoms with Crippen LogP contribution in [-0.2, 0) is 4.74 Å². The van der Waals surface area contributed by atoms with Crippen molar-refractivity contribution < 1.29 is 18.7 Å². The summed E-state index contributed by atoms with van der Waals surface area (Å²) in [6.07, 6.45) is 1.06. The highest BCUT2D eigenvalue weighted by molar-refractivity contribution is 6.38. The molecule has 0 atom stereocenters. The Kier molecular flexibility index (Phi) is 7.18. The first-order valence-electron chi connectivity index (χ1n) is 11.3. The fraction of sp³-hybridized carbons (Fsp3) is 0.154. The van der Waals surface area contributed by atoms with E-state index in [4.69, 9.17) is 27.9 Å². The molecule has 2 amide bonds. The van der Waals surface area contributed by atoms with Crippen molar-refractivity contribution in [2.45, 2.75) is 0 Å². The molecule has 188 valence electrons. The van der Waals surface area contributed by atoms with E-state index >= 15 is 0 Å². The van der Waals surface area contributed by atoms with E-state index in [9.17, 15) is 14.0 Å². The second kappa shape index (κ2) is 10.7. The lowest BCUT2D eigenvalue weighted by atomic mass is 10.1. The molecule has 2 aromatic carbocycles. The summed E-state index contributed by atoms with van der Waals surface area (Å²) in [5.41, 5.74) is 1.68. The van der Waals surface area contributed by atoms with Gasteiger partial charge in [0.05, 0.1) is 46.4 Å². The Morgan fingerprint density at radius 2 is 1.81 bits per heavy atom. The van der Waals surface area contributed by atoms with Crippen LogP contribution in [0.2, 0.25) is 10.0 Å². The van der Waals surface area contributed by atoms with E-state index in [-0.39, 0.29) is 38.9 Å². The number of anilines is 1. The number of nitrogens with zero attached hydrogens (tertiary/aromatic N) is 3. The SMILES string of the molecule is O=C(NCC1COC1)c1cc(NC(=O)c2cc(-c3ccc(F)cn3)c(Cl)cc2Cl)n(-c2ccccc2)n1. The molecule has 8 nitrogen and oxygen atoms in total. The standard InChI is InChI=1S/C26H20Cl2FN5O3/c27-20-9-21(28)19(8-18(20)22-7-6-16(29)12-30-22)25(35)32-24-10-23(26(36)31-11-15-13-37-14-15)33-34(24)17-4-2-1-3-5-17/h1-10,12,15H,11,13-14H2,(H,31,36)(H,32,35). The second-order valence-corrected chi connectivity index (χ2v) is 9.22. The molecule has 0 saturated carbocycles. The highest BCUT2D eigenvalue weighted by atomic mass is 35.5. The molecule has 2 N–H and O–H groups in total. The number of nitrogens with one attached hydrogen (secondary N) is 2. The summed E-state index contributed by atoms with van der Waals surface area (Å²) in [5, 5.41) is 10.4. The van der Waals surface area contributed by atoms with Gasteiger partial charge in [-0.15, -0.1) is 0 Å². The second-order valence-electron chi connectivity index (χ2n) is 8.40. The first kappa shape index (κ1) is 24.9. The van der Waals surface area contributed by atoms with Crippen LogP contribution in [0.5, 0.6) is 0 Å². The van der Waals surface area contributed by atoms with E-state index in [2.05, 4.69) is 20.7 Å². The maximum atomic E-state index is 13.3. The molecular weight excluding hydrogens is 520 g/mol. The first-order valence-corrected chi connectivity index (χ1v) is 12.1. The Morgan fingerprint density at radius 1 is 1.03 bits per heavy atom. The van der Waals surface area contributed by atoms with Crippen LogP contribution in [0, 0.1) is 11.7 Å². The average Bonchev–Trinajstić information content (AvgIpc) is 3.28. The summed E-state index contributed by atoms with van der Waals surface area (Å²) in [6.45, 7) is 1.69. The molecule has 1 fully saturated rings. The molecule has 0 radical (unpaired) electrons. The third kappa shape index (κ3) is 5.48. The van der Waals surface area contributed by atoms with Crippen molar-refractivity contribution in [3.05, 3.63) is 94.0 Å². The number of hydrogen-bond acceptors (Lipinski definition) is 5. The molecule has 2 aromatic heterocycles. The number of halogens is 3. The minimum absolute atomic E-state index is 0.111. The zero-order valence-electron chi connectivity index (χ0n) is 19.2. The predicted octanol–water partition coefficient (Wildman–Crippen LogP) is 5.01. The number of para-hydroxylation sites is 1. The minimum atomic E-state index is -0.555. The lowest BCUT2D eigenvalue weighted by Gasteiger charge is -2.25. The summed E-state index contributed by atoms with van der Waals surface area (Å²) in [7, 11) is 0. The van der Waals surface area contributed by atoms with E-state index < -0.39 is 11.7 Å². The molecule has 3 heterocycles. The van der Waals surface area contributed by atoms with Crippen molar-refractivity contribution in [2.75, 3.05) is 25.1 Å². The molecule has 0 unspecified atom stereocenters. The van der Waals surface area contributed by atoms with Crippen LogP contribution in [0.15, 0.2) is 66.9 Å². The zero-order valence-corrected chi connectivity index (χ0v) is 20.8. The lowest BCUT2D eigenvalue weighted by Crippen LogP contribution is -2.39. The Bertz CT molecular complexity index is 1460. The molecule has 1 aliphatic rings. The molecule has 5 rings (SSSR count). The maximum Gasteiger partial charge on any atom is 0.271 e. The summed E-state index contributed by atoms with van der Waals surface area (Å²) < 4.78 is 19.9. The van der Waals surface area contributed by atoms with Gasteiger partial charge in [0.2, 0.25) is 0 Å². The summed E-state index contributed by atoms with van der Waals surface area (Å²) >= 11 is 12.7. The van der Waals surface area contributed by atoms with Crippen LogP contribution in [0.4, 0.5) is 10.2 Å². The molecule has 0 aliphatic carbocycles. The van der Waals surface area contributed by atoms with Gasteiger partial charge in [-0.25, -0.2) is 9.07 Å². The summed E-state index contributed by atoms with van der Waals surface area (Å²) in [6, 6.07) is 16.2. The van der Waals surface area contributed by atoms with E-state index in [1.807, 2.05) is 18.2 Å². The van der Waals surface area contributed by atoms with Gasteiger partial charge < -0.3 is 15.4 Å². The molecule has 0 spiro atoms. The normalized spacial score (nSPS) is 13.2. The molecule has 1 aliphatic heterocycles. The summed E-state index contributed by atoms with van der Waals surface area (Å²) in [4.78, 5) is 30.1. The molecule has 37 heavy (non-hydrogen) atoms. The quantitative estimate of drug-likeness (QED) is 0.344. The van der Waals surface area contributed by atoms with Crippen LogP contribution in [-0.4, -0.2) is 46.3 Å². The molecule has 0 bridgehead atoms. The fourth-order valence-electron chi connectivity index (χ4n) is 3.72. The van der Waals surface area contributed by atoms with Crippen LogP contribution >= 0.6 is 23.2 Å². The number of rotatable bonds is 7. The van der Waals surface area contributed by atoms with E-state index in [1.54, 1.807) is 12.1 Å². The van der Waals surface area contributed by atoms with Crippen molar-refractivity contribution in [3.8, 4) is 16.9 Å². The van der Waals surface area contributed by atoms with Gasteiger partial charge in [0.1, 0.15) is 11.6 Å². The van der Waals surface area contributed by atoms with E-state index in [0.29, 0.717) is 36.7 Å². The van der Waals surface area contributed by atoms with Crippen molar-refractivity contribution >= 4 is 40.8 Å². The van der Waals surface area contributed by atoms with Gasteiger partial charge in [-0.05, 0) is 36.4 Å². The van der Waals surface area contributed by atoms with Crippen molar-refractivity contribution in [2.24, 2.45) is 5.92 Å². The van der Waals surface area contributed by atoms with Gasteiger partial charge in [0, 0.05) is 24.1 Å². The number of ether oxygens (including phenoxy) is 1. The summed E-state index contributed by atoms with van der Waals surface area (Å²) in [5.74, 6) is -0.884. The van der Waals surface area contributed by atoms with Crippen molar-refractivity contribution in [1.29, 1.82) is 0 Å². The first-order chi connectivity index (χ1) is 17.9. The van der Waals surface area contributed by atoms with Gasteiger partial charge in [-0.3, -0.25) is 14.6 Å². The van der Waals surface area contributed by atoms with E-state index in [0.717, 1.165) is 6.20 Å². The Morgan fingerprint density at radius 3 is 2.49 bits per heavy atom. The Balaban J connectivity index is 1.45. The van der Waals surface area contributed by atoms with Gasteiger partial charge in [0.25, 0.3) is 11.8 Å².